The summed E-state index contributed by atoms with van der Waals surface area (Å²) in [5.41, 5.74) is 0.819. The number of furan rings is 1. The lowest BCUT2D eigenvalue weighted by molar-refractivity contribution is -0.119. The van der Waals surface area contributed by atoms with Gasteiger partial charge in [0.15, 0.2) is 5.96 Å². The molecule has 0 saturated heterocycles. The van der Waals surface area contributed by atoms with Gasteiger partial charge in [0.05, 0.1) is 19.4 Å². The Morgan fingerprint density at radius 3 is 2.82 bits per heavy atom. The average molecular weight is 388 g/mol. The van der Waals surface area contributed by atoms with Crippen molar-refractivity contribution in [2.45, 2.75) is 19.9 Å². The van der Waals surface area contributed by atoms with Gasteiger partial charge in [-0.3, -0.25) is 4.79 Å². The number of hydrogen-bond donors (Lipinski definition) is 3. The number of nitrogens with zero attached hydrogens (tertiary/aromatic N) is 1. The first-order valence-electron chi connectivity index (χ1n) is 9.27. The zero-order chi connectivity index (χ0) is 20.0. The monoisotopic (exact) mass is 388 g/mol. The summed E-state index contributed by atoms with van der Waals surface area (Å²) in [5, 5.41) is 9.06. The molecule has 0 fully saturated rings. The number of hydrogen-bond acceptors (Lipinski definition) is 5. The summed E-state index contributed by atoms with van der Waals surface area (Å²) in [6.07, 6.45) is 2.40. The third kappa shape index (κ3) is 8.13. The van der Waals surface area contributed by atoms with Gasteiger partial charge in [0, 0.05) is 38.4 Å². The van der Waals surface area contributed by atoms with Crippen LogP contribution in [0, 0.1) is 0 Å². The average Bonchev–Trinajstić information content (AvgIpc) is 3.22. The number of amides is 1. The Hall–Kier alpha value is -3.00. The molecule has 0 radical (unpaired) electrons. The lowest BCUT2D eigenvalue weighted by atomic mass is 10.3. The molecule has 0 saturated carbocycles. The smallest absolute Gasteiger partial charge is 0.242 e. The van der Waals surface area contributed by atoms with Crippen LogP contribution in [0.5, 0.6) is 5.75 Å². The second kappa shape index (κ2) is 12.4. The fourth-order valence-electron chi connectivity index (χ4n) is 2.31. The fraction of sp³-hybridized carbons (Fsp3) is 0.400. The van der Waals surface area contributed by atoms with Crippen molar-refractivity contribution in [3.05, 3.63) is 48.4 Å². The Morgan fingerprint density at radius 2 is 2.07 bits per heavy atom. The number of anilines is 1. The van der Waals surface area contributed by atoms with Gasteiger partial charge < -0.3 is 29.8 Å². The van der Waals surface area contributed by atoms with Crippen LogP contribution in [0.1, 0.15) is 19.1 Å². The van der Waals surface area contributed by atoms with Crippen molar-refractivity contribution >= 4 is 17.6 Å². The Kier molecular flexibility index (Phi) is 9.43. The van der Waals surface area contributed by atoms with Crippen molar-refractivity contribution in [1.29, 1.82) is 0 Å². The molecule has 0 spiro atoms. The molecule has 0 aliphatic carbocycles. The highest BCUT2D eigenvalue weighted by molar-refractivity contribution is 5.95. The van der Waals surface area contributed by atoms with Crippen LogP contribution in [0.15, 0.2) is 52.1 Å². The number of nitrogens with one attached hydrogen (secondary N) is 3. The van der Waals surface area contributed by atoms with Gasteiger partial charge in [-0.2, -0.15) is 0 Å². The molecular formula is C20H28N4O4. The quantitative estimate of drug-likeness (QED) is 0.311. The molecule has 0 unspecified atom stereocenters. The van der Waals surface area contributed by atoms with Crippen LogP contribution in [-0.4, -0.2) is 45.3 Å². The Balaban J connectivity index is 1.86. The summed E-state index contributed by atoms with van der Waals surface area (Å²) >= 11 is 0. The first-order valence-corrected chi connectivity index (χ1v) is 9.27. The molecule has 152 valence electrons. The lowest BCUT2D eigenvalue weighted by Gasteiger charge is -2.13. The summed E-state index contributed by atoms with van der Waals surface area (Å²) in [5.74, 6) is 1.79. The molecule has 3 N–H and O–H groups in total. The van der Waals surface area contributed by atoms with Gasteiger partial charge >= 0.3 is 0 Å². The number of ether oxygens (including phenoxy) is 2. The number of carbonyl (C=O) groups excluding carboxylic acids is 1. The van der Waals surface area contributed by atoms with Gasteiger partial charge in [0.25, 0.3) is 0 Å². The maximum atomic E-state index is 12.0. The summed E-state index contributed by atoms with van der Waals surface area (Å²) in [6.45, 7) is 4.23. The van der Waals surface area contributed by atoms with Gasteiger partial charge in [0.2, 0.25) is 5.91 Å². The fourth-order valence-corrected chi connectivity index (χ4v) is 2.31. The first-order chi connectivity index (χ1) is 13.7. The highest BCUT2D eigenvalue weighted by Crippen LogP contribution is 2.17. The molecule has 2 aromatic rings. The number of carbonyl (C=O) groups is 1. The highest BCUT2D eigenvalue weighted by atomic mass is 16.5. The van der Waals surface area contributed by atoms with E-state index < -0.39 is 0 Å². The minimum absolute atomic E-state index is 0.00322. The van der Waals surface area contributed by atoms with Crippen LogP contribution in [0.25, 0.3) is 0 Å². The summed E-state index contributed by atoms with van der Waals surface area (Å²) in [7, 11) is 1.67. The van der Waals surface area contributed by atoms with E-state index in [0.717, 1.165) is 17.9 Å². The highest BCUT2D eigenvalue weighted by Gasteiger charge is 2.05. The summed E-state index contributed by atoms with van der Waals surface area (Å²) in [6, 6.07) is 11.2. The molecule has 0 aliphatic rings. The minimum Gasteiger partial charge on any atom is -0.493 e. The van der Waals surface area contributed by atoms with Crippen LogP contribution < -0.4 is 20.7 Å². The predicted molar refractivity (Wildman–Crippen MR) is 109 cm³/mol. The second-order valence-electron chi connectivity index (χ2n) is 5.90. The molecule has 2 rings (SSSR count). The van der Waals surface area contributed by atoms with E-state index >= 15 is 0 Å². The maximum absolute atomic E-state index is 12.0. The number of guanidine groups is 1. The van der Waals surface area contributed by atoms with Crippen molar-refractivity contribution in [2.24, 2.45) is 4.99 Å². The summed E-state index contributed by atoms with van der Waals surface area (Å²) in [4.78, 5) is 16.3. The van der Waals surface area contributed by atoms with E-state index in [1.165, 1.54) is 0 Å². The van der Waals surface area contributed by atoms with Gasteiger partial charge in [-0.05, 0) is 31.2 Å². The van der Waals surface area contributed by atoms with E-state index in [1.54, 1.807) is 25.5 Å². The Morgan fingerprint density at radius 1 is 1.18 bits per heavy atom. The summed E-state index contributed by atoms with van der Waals surface area (Å²) < 4.78 is 15.9. The Bertz CT molecular complexity index is 732. The predicted octanol–water partition coefficient (Wildman–Crippen LogP) is 2.39. The minimum atomic E-state index is -0.191. The SMILES string of the molecule is CCNC(=NCC(=O)NCc1ccco1)Nc1cccc(OCCCOC)c1. The number of methoxy groups -OCH3 is 1. The largest absolute Gasteiger partial charge is 0.493 e. The molecule has 1 aromatic heterocycles. The van der Waals surface area contributed by atoms with E-state index in [4.69, 9.17) is 13.9 Å². The zero-order valence-corrected chi connectivity index (χ0v) is 16.4. The van der Waals surface area contributed by atoms with Crippen molar-refractivity contribution < 1.29 is 18.7 Å². The number of benzene rings is 1. The van der Waals surface area contributed by atoms with Crippen LogP contribution >= 0.6 is 0 Å². The molecular weight excluding hydrogens is 360 g/mol. The molecule has 0 aliphatic heterocycles. The van der Waals surface area contributed by atoms with E-state index in [9.17, 15) is 4.79 Å². The standard InChI is InChI=1S/C20H28N4O4/c1-3-21-20(23-15-19(25)22-14-18-9-5-11-28-18)24-16-7-4-8-17(13-16)27-12-6-10-26-2/h4-5,7-9,11,13H,3,6,10,12,14-15H2,1-2H3,(H,22,25)(H2,21,23,24). The maximum Gasteiger partial charge on any atom is 0.242 e. The Labute approximate surface area is 165 Å². The van der Waals surface area contributed by atoms with Gasteiger partial charge in [-0.25, -0.2) is 4.99 Å². The van der Waals surface area contributed by atoms with Crippen LogP contribution in [-0.2, 0) is 16.1 Å². The third-order valence-electron chi connectivity index (χ3n) is 3.62. The molecule has 1 amide bonds. The van der Waals surface area contributed by atoms with Crippen molar-refractivity contribution in [3.63, 3.8) is 0 Å². The first kappa shape index (κ1) is 21.3. The molecule has 0 bridgehead atoms. The van der Waals surface area contributed by atoms with Gasteiger partial charge in [0.1, 0.15) is 18.1 Å². The van der Waals surface area contributed by atoms with Crippen LogP contribution in [0.4, 0.5) is 5.69 Å². The lowest BCUT2D eigenvalue weighted by Crippen LogP contribution is -2.33. The van der Waals surface area contributed by atoms with Crippen molar-refractivity contribution in [2.75, 3.05) is 38.7 Å². The van der Waals surface area contributed by atoms with Crippen LogP contribution in [0.3, 0.4) is 0 Å². The number of rotatable bonds is 11. The topological polar surface area (TPSA) is 97.1 Å². The van der Waals surface area contributed by atoms with Gasteiger partial charge in [-0.15, -0.1) is 0 Å². The zero-order valence-electron chi connectivity index (χ0n) is 16.4. The van der Waals surface area contributed by atoms with Crippen LogP contribution in [0.2, 0.25) is 0 Å². The molecule has 1 aromatic carbocycles. The van der Waals surface area contributed by atoms with E-state index in [2.05, 4.69) is 20.9 Å². The van der Waals surface area contributed by atoms with Crippen molar-refractivity contribution in [3.8, 4) is 5.75 Å². The number of aliphatic imine (C=N–C) groups is 1. The van der Waals surface area contributed by atoms with E-state index in [1.807, 2.05) is 31.2 Å². The molecule has 28 heavy (non-hydrogen) atoms. The normalized spacial score (nSPS) is 11.1. The molecule has 8 heteroatoms. The van der Waals surface area contributed by atoms with Gasteiger partial charge in [-0.1, -0.05) is 6.07 Å². The third-order valence-corrected chi connectivity index (χ3v) is 3.62. The van der Waals surface area contributed by atoms with Crippen molar-refractivity contribution in [1.82, 2.24) is 10.6 Å². The second-order valence-corrected chi connectivity index (χ2v) is 5.90. The molecule has 8 nitrogen and oxygen atoms in total. The van der Waals surface area contributed by atoms with E-state index in [-0.39, 0.29) is 12.5 Å². The molecule has 0 atom stereocenters. The van der Waals surface area contributed by atoms with E-state index in [0.29, 0.717) is 38.0 Å². The molecule has 1 heterocycles.